The summed E-state index contributed by atoms with van der Waals surface area (Å²) in [5, 5.41) is 7.04. The zero-order valence-electron chi connectivity index (χ0n) is 9.17. The second-order valence-corrected chi connectivity index (χ2v) is 5.44. The molecule has 2 rings (SSSR count). The third-order valence-corrected chi connectivity index (χ3v) is 4.19. The van der Waals surface area contributed by atoms with Crippen LogP contribution >= 0.6 is 46.6 Å². The molecule has 0 saturated heterocycles. The van der Waals surface area contributed by atoms with Gasteiger partial charge in [0.05, 0.1) is 5.02 Å². The van der Waals surface area contributed by atoms with Crippen LogP contribution in [-0.2, 0) is 7.05 Å². The zero-order valence-corrected chi connectivity index (χ0v) is 12.3. The predicted octanol–water partition coefficient (Wildman–Crippen LogP) is 4.77. The third-order valence-electron chi connectivity index (χ3n) is 2.32. The van der Waals surface area contributed by atoms with E-state index >= 15 is 0 Å². The Bertz CT molecular complexity index is 566. The van der Waals surface area contributed by atoms with E-state index in [0.717, 1.165) is 10.6 Å². The molecule has 0 amide bonds. The Balaban J connectivity index is 2.61. The van der Waals surface area contributed by atoms with Crippen LogP contribution in [0.1, 0.15) is 0 Å². The Kier molecular flexibility index (Phi) is 3.93. The summed E-state index contributed by atoms with van der Waals surface area (Å²) in [5.74, 6) is 0. The van der Waals surface area contributed by atoms with Crippen LogP contribution in [0.2, 0.25) is 15.1 Å². The van der Waals surface area contributed by atoms with Crippen LogP contribution in [0.5, 0.6) is 0 Å². The van der Waals surface area contributed by atoms with Crippen molar-refractivity contribution in [1.82, 2.24) is 9.78 Å². The number of hydrogen-bond acceptors (Lipinski definition) is 2. The van der Waals surface area contributed by atoms with E-state index in [1.165, 1.54) is 0 Å². The molecule has 0 aliphatic carbocycles. The molecule has 1 aromatic heterocycles. The highest BCUT2D eigenvalue weighted by Crippen LogP contribution is 2.38. The Labute approximate surface area is 119 Å². The molecule has 0 N–H and O–H groups in total. The largest absolute Gasteiger partial charge is 0.260 e. The Morgan fingerprint density at radius 3 is 2.47 bits per heavy atom. The summed E-state index contributed by atoms with van der Waals surface area (Å²) >= 11 is 19.8. The molecular weight excluding hydrogens is 299 g/mol. The molecule has 0 spiro atoms. The van der Waals surface area contributed by atoms with E-state index in [2.05, 4.69) is 5.10 Å². The summed E-state index contributed by atoms with van der Waals surface area (Å²) in [6.45, 7) is 0. The molecule has 2 nitrogen and oxygen atoms in total. The minimum atomic E-state index is 0.546. The SMILES string of the molecule is CSc1c(Cl)c(-c2ccc(Cl)cc2Cl)nn1C. The first-order valence-electron chi connectivity index (χ1n) is 4.76. The van der Waals surface area contributed by atoms with Crippen LogP contribution in [0.3, 0.4) is 0 Å². The van der Waals surface area contributed by atoms with E-state index in [9.17, 15) is 0 Å². The highest BCUT2D eigenvalue weighted by atomic mass is 35.5. The summed E-state index contributed by atoms with van der Waals surface area (Å²) in [6, 6.07) is 5.28. The molecule has 0 atom stereocenters. The number of nitrogens with zero attached hydrogens (tertiary/aromatic N) is 2. The van der Waals surface area contributed by atoms with Crippen molar-refractivity contribution in [2.45, 2.75) is 5.03 Å². The molecule has 0 radical (unpaired) electrons. The smallest absolute Gasteiger partial charge is 0.114 e. The van der Waals surface area contributed by atoms with Gasteiger partial charge in [0, 0.05) is 17.6 Å². The van der Waals surface area contributed by atoms with Gasteiger partial charge in [0.25, 0.3) is 0 Å². The average Bonchev–Trinajstić information content (AvgIpc) is 2.54. The van der Waals surface area contributed by atoms with Crippen molar-refractivity contribution in [2.75, 3.05) is 6.26 Å². The third kappa shape index (κ3) is 2.43. The van der Waals surface area contributed by atoms with Crippen molar-refractivity contribution >= 4 is 46.6 Å². The molecule has 17 heavy (non-hydrogen) atoms. The summed E-state index contributed by atoms with van der Waals surface area (Å²) in [7, 11) is 1.85. The van der Waals surface area contributed by atoms with Gasteiger partial charge in [0.1, 0.15) is 15.7 Å². The fraction of sp³-hybridized carbons (Fsp3) is 0.182. The number of aromatic nitrogens is 2. The first-order chi connectivity index (χ1) is 8.04. The Hall–Kier alpha value is -0.350. The van der Waals surface area contributed by atoms with Crippen molar-refractivity contribution < 1.29 is 0 Å². The number of rotatable bonds is 2. The van der Waals surface area contributed by atoms with E-state index in [0.29, 0.717) is 20.8 Å². The predicted molar refractivity (Wildman–Crippen MR) is 75.5 cm³/mol. The van der Waals surface area contributed by atoms with E-state index in [1.807, 2.05) is 19.4 Å². The monoisotopic (exact) mass is 306 g/mol. The summed E-state index contributed by atoms with van der Waals surface area (Å²) in [4.78, 5) is 0. The van der Waals surface area contributed by atoms with Crippen molar-refractivity contribution in [3.05, 3.63) is 33.3 Å². The van der Waals surface area contributed by atoms with Crippen molar-refractivity contribution in [3.8, 4) is 11.3 Å². The highest BCUT2D eigenvalue weighted by molar-refractivity contribution is 7.98. The normalized spacial score (nSPS) is 10.9. The van der Waals surface area contributed by atoms with Crippen LogP contribution < -0.4 is 0 Å². The minimum Gasteiger partial charge on any atom is -0.260 e. The van der Waals surface area contributed by atoms with Crippen molar-refractivity contribution in [3.63, 3.8) is 0 Å². The minimum absolute atomic E-state index is 0.546. The topological polar surface area (TPSA) is 17.8 Å². The number of halogens is 3. The second kappa shape index (κ2) is 5.11. The van der Waals surface area contributed by atoms with Gasteiger partial charge in [-0.1, -0.05) is 34.8 Å². The van der Waals surface area contributed by atoms with Crippen molar-refractivity contribution in [2.24, 2.45) is 7.05 Å². The maximum Gasteiger partial charge on any atom is 0.114 e. The van der Waals surface area contributed by atoms with Crippen LogP contribution in [0.15, 0.2) is 23.2 Å². The van der Waals surface area contributed by atoms with Crippen LogP contribution in [-0.4, -0.2) is 16.0 Å². The van der Waals surface area contributed by atoms with E-state index < -0.39 is 0 Å². The molecule has 1 heterocycles. The van der Waals surface area contributed by atoms with Crippen molar-refractivity contribution in [1.29, 1.82) is 0 Å². The van der Waals surface area contributed by atoms with Gasteiger partial charge in [0.2, 0.25) is 0 Å². The Morgan fingerprint density at radius 2 is 1.94 bits per heavy atom. The lowest BCUT2D eigenvalue weighted by Gasteiger charge is -2.01. The second-order valence-electron chi connectivity index (χ2n) is 3.42. The summed E-state index contributed by atoms with van der Waals surface area (Å²) in [5.41, 5.74) is 1.47. The van der Waals surface area contributed by atoms with Gasteiger partial charge < -0.3 is 0 Å². The molecule has 1 aromatic carbocycles. The molecule has 6 heteroatoms. The van der Waals surface area contributed by atoms with Gasteiger partial charge in [-0.15, -0.1) is 11.8 Å². The van der Waals surface area contributed by atoms with Gasteiger partial charge in [-0.2, -0.15) is 5.10 Å². The van der Waals surface area contributed by atoms with Crippen LogP contribution in [0, 0.1) is 0 Å². The van der Waals surface area contributed by atoms with Gasteiger partial charge in [-0.05, 0) is 24.5 Å². The van der Waals surface area contributed by atoms with E-state index in [4.69, 9.17) is 34.8 Å². The van der Waals surface area contributed by atoms with Crippen LogP contribution in [0.25, 0.3) is 11.3 Å². The molecule has 0 unspecified atom stereocenters. The Morgan fingerprint density at radius 1 is 1.24 bits per heavy atom. The zero-order chi connectivity index (χ0) is 12.6. The fourth-order valence-electron chi connectivity index (χ4n) is 1.56. The number of thioether (sulfide) groups is 1. The first kappa shape index (κ1) is 13.1. The highest BCUT2D eigenvalue weighted by Gasteiger charge is 2.17. The van der Waals surface area contributed by atoms with Gasteiger partial charge >= 0.3 is 0 Å². The molecule has 0 aliphatic heterocycles. The molecular formula is C11H9Cl3N2S. The standard InChI is InChI=1S/C11H9Cl3N2S/c1-16-11(17-2)9(14)10(15-16)7-4-3-6(12)5-8(7)13/h3-5H,1-2H3. The lowest BCUT2D eigenvalue weighted by molar-refractivity contribution is 0.702. The number of hydrogen-bond donors (Lipinski definition) is 0. The molecule has 0 saturated carbocycles. The van der Waals surface area contributed by atoms with E-state index in [1.54, 1.807) is 28.6 Å². The lowest BCUT2D eigenvalue weighted by Crippen LogP contribution is -1.91. The quantitative estimate of drug-likeness (QED) is 0.744. The van der Waals surface area contributed by atoms with Crippen LogP contribution in [0.4, 0.5) is 0 Å². The molecule has 90 valence electrons. The fourth-order valence-corrected chi connectivity index (χ4v) is 3.13. The first-order valence-corrected chi connectivity index (χ1v) is 7.12. The number of aryl methyl sites for hydroxylation is 1. The average molecular weight is 308 g/mol. The molecule has 0 bridgehead atoms. The molecule has 0 aliphatic rings. The summed E-state index contributed by atoms with van der Waals surface area (Å²) in [6.07, 6.45) is 1.95. The molecule has 2 aromatic rings. The summed E-state index contributed by atoms with van der Waals surface area (Å²) < 4.78 is 1.74. The maximum atomic E-state index is 6.28. The molecule has 0 fully saturated rings. The number of benzene rings is 1. The van der Waals surface area contributed by atoms with Gasteiger partial charge in [-0.25, -0.2) is 0 Å². The van der Waals surface area contributed by atoms with E-state index in [-0.39, 0.29) is 0 Å². The van der Waals surface area contributed by atoms with Gasteiger partial charge in [-0.3, -0.25) is 4.68 Å². The lowest BCUT2D eigenvalue weighted by atomic mass is 10.1. The maximum absolute atomic E-state index is 6.28. The van der Waals surface area contributed by atoms with Gasteiger partial charge in [0.15, 0.2) is 0 Å².